The second-order valence-electron chi connectivity index (χ2n) is 2.63. The summed E-state index contributed by atoms with van der Waals surface area (Å²) in [6, 6.07) is 4.57. The molecule has 1 aromatic carbocycles. The highest BCUT2D eigenvalue weighted by molar-refractivity contribution is 7.81. The Morgan fingerprint density at radius 2 is 2.07 bits per heavy atom. The van der Waals surface area contributed by atoms with Crippen LogP contribution in [0.3, 0.4) is 0 Å². The van der Waals surface area contributed by atoms with Crippen LogP contribution in [0.4, 0.5) is 0 Å². The molecule has 15 heavy (non-hydrogen) atoms. The third kappa shape index (κ3) is 3.26. The van der Waals surface area contributed by atoms with E-state index in [2.05, 4.69) is 10.8 Å². The Labute approximate surface area is 87.9 Å². The van der Waals surface area contributed by atoms with Gasteiger partial charge in [0, 0.05) is 0 Å². The Bertz CT molecular complexity index is 463. The molecule has 5 nitrogen and oxygen atoms in total. The zero-order chi connectivity index (χ0) is 11.5. The molecule has 0 bridgehead atoms. The van der Waals surface area contributed by atoms with Crippen molar-refractivity contribution in [1.82, 2.24) is 0 Å². The predicted octanol–water partition coefficient (Wildman–Crippen LogP) is 1.52. The predicted molar refractivity (Wildman–Crippen MR) is 55.3 cm³/mol. The van der Waals surface area contributed by atoms with E-state index in [1.165, 1.54) is 25.3 Å². The number of methoxy groups -OCH3 is 1. The van der Waals surface area contributed by atoms with Crippen molar-refractivity contribution in [3.05, 3.63) is 30.3 Å². The fourth-order valence-corrected chi connectivity index (χ4v) is 1.36. The van der Waals surface area contributed by atoms with E-state index in [0.29, 0.717) is 5.56 Å². The molecule has 0 saturated carbocycles. The first-order valence-corrected chi connectivity index (χ1v) is 5.30. The van der Waals surface area contributed by atoms with Crippen LogP contribution < -0.4 is 8.92 Å². The average molecular weight is 230 g/mol. The van der Waals surface area contributed by atoms with Crippen LogP contribution in [0, 0.1) is 0 Å². The third-order valence-electron chi connectivity index (χ3n) is 1.62. The van der Waals surface area contributed by atoms with Gasteiger partial charge in [-0.05, 0) is 17.7 Å². The molecular weight excluding hydrogens is 220 g/mol. The van der Waals surface area contributed by atoms with E-state index >= 15 is 0 Å². The SMILES string of the molecule is C=Cc1ccc(OC)c(OS(=O)(=O)O)c1. The molecular formula is C9H10O5S. The summed E-state index contributed by atoms with van der Waals surface area (Å²) in [5.41, 5.74) is 0.648. The topological polar surface area (TPSA) is 72.8 Å². The average Bonchev–Trinajstić information content (AvgIpc) is 2.15. The molecule has 0 aromatic heterocycles. The lowest BCUT2D eigenvalue weighted by Crippen LogP contribution is -2.07. The summed E-state index contributed by atoms with van der Waals surface area (Å²) in [7, 11) is -3.19. The molecule has 0 unspecified atom stereocenters. The van der Waals surface area contributed by atoms with Gasteiger partial charge in [-0.2, -0.15) is 8.42 Å². The van der Waals surface area contributed by atoms with Crippen molar-refractivity contribution in [1.29, 1.82) is 0 Å². The number of ether oxygens (including phenoxy) is 1. The molecule has 1 rings (SSSR count). The molecule has 1 N–H and O–H groups in total. The summed E-state index contributed by atoms with van der Waals surface area (Å²) in [6.45, 7) is 3.52. The molecule has 0 fully saturated rings. The van der Waals surface area contributed by atoms with Gasteiger partial charge in [0.25, 0.3) is 0 Å². The first kappa shape index (κ1) is 11.5. The molecule has 0 heterocycles. The van der Waals surface area contributed by atoms with Crippen molar-refractivity contribution >= 4 is 16.5 Å². The second kappa shape index (κ2) is 4.33. The van der Waals surface area contributed by atoms with E-state index in [0.717, 1.165) is 0 Å². The molecule has 0 aliphatic rings. The quantitative estimate of drug-likeness (QED) is 0.794. The van der Waals surface area contributed by atoms with Crippen LogP contribution in [0.25, 0.3) is 6.08 Å². The Balaban J connectivity index is 3.17. The lowest BCUT2D eigenvalue weighted by atomic mass is 10.2. The van der Waals surface area contributed by atoms with Crippen LogP contribution in [-0.4, -0.2) is 20.1 Å². The summed E-state index contributed by atoms with van der Waals surface area (Å²) in [6.07, 6.45) is 1.51. The molecule has 0 amide bonds. The van der Waals surface area contributed by atoms with Gasteiger partial charge in [0.2, 0.25) is 0 Å². The van der Waals surface area contributed by atoms with E-state index in [1.54, 1.807) is 6.07 Å². The van der Waals surface area contributed by atoms with Gasteiger partial charge >= 0.3 is 10.4 Å². The molecule has 0 radical (unpaired) electrons. The van der Waals surface area contributed by atoms with Crippen LogP contribution in [0.15, 0.2) is 24.8 Å². The van der Waals surface area contributed by atoms with Crippen molar-refractivity contribution in [3.8, 4) is 11.5 Å². The van der Waals surface area contributed by atoms with Crippen molar-refractivity contribution < 1.29 is 21.9 Å². The number of hydrogen-bond acceptors (Lipinski definition) is 4. The summed E-state index contributed by atoms with van der Waals surface area (Å²) < 4.78 is 38.7. The lowest BCUT2D eigenvalue weighted by molar-refractivity contribution is 0.360. The first-order valence-electron chi connectivity index (χ1n) is 3.93. The molecule has 0 atom stereocenters. The molecule has 1 aromatic rings. The number of benzene rings is 1. The Morgan fingerprint density at radius 3 is 2.53 bits per heavy atom. The van der Waals surface area contributed by atoms with Gasteiger partial charge in [-0.3, -0.25) is 4.55 Å². The molecule has 0 aliphatic heterocycles. The fourth-order valence-electron chi connectivity index (χ4n) is 0.999. The van der Waals surface area contributed by atoms with Crippen LogP contribution in [-0.2, 0) is 10.4 Å². The minimum Gasteiger partial charge on any atom is -0.493 e. The Kier molecular flexibility index (Phi) is 3.33. The van der Waals surface area contributed by atoms with Crippen molar-refractivity contribution in [2.24, 2.45) is 0 Å². The van der Waals surface area contributed by atoms with Crippen molar-refractivity contribution in [2.75, 3.05) is 7.11 Å². The summed E-state index contributed by atoms with van der Waals surface area (Å²) in [5, 5.41) is 0. The van der Waals surface area contributed by atoms with Crippen LogP contribution in [0.2, 0.25) is 0 Å². The van der Waals surface area contributed by atoms with Gasteiger partial charge in [-0.15, -0.1) is 0 Å². The number of rotatable bonds is 4. The number of hydrogen-bond donors (Lipinski definition) is 1. The van der Waals surface area contributed by atoms with E-state index in [9.17, 15) is 8.42 Å². The normalized spacial score (nSPS) is 10.8. The standard InChI is InChI=1S/C9H10O5S/c1-3-7-4-5-8(13-2)9(6-7)14-15(10,11)12/h3-6H,1H2,2H3,(H,10,11,12). The Hall–Kier alpha value is -1.53. The van der Waals surface area contributed by atoms with Gasteiger partial charge in [-0.25, -0.2) is 0 Å². The largest absolute Gasteiger partial charge is 0.493 e. The molecule has 0 spiro atoms. The van der Waals surface area contributed by atoms with Crippen LogP contribution in [0.5, 0.6) is 11.5 Å². The van der Waals surface area contributed by atoms with Gasteiger partial charge in [0.05, 0.1) is 7.11 Å². The highest BCUT2D eigenvalue weighted by Crippen LogP contribution is 2.29. The minimum absolute atomic E-state index is 0.0857. The monoisotopic (exact) mass is 230 g/mol. The van der Waals surface area contributed by atoms with Crippen LogP contribution >= 0.6 is 0 Å². The fraction of sp³-hybridized carbons (Fsp3) is 0.111. The summed E-state index contributed by atoms with van der Waals surface area (Å²) in [4.78, 5) is 0. The highest BCUT2D eigenvalue weighted by atomic mass is 32.3. The van der Waals surface area contributed by atoms with Gasteiger partial charge < -0.3 is 8.92 Å². The maximum atomic E-state index is 10.5. The smallest absolute Gasteiger partial charge is 0.446 e. The Morgan fingerprint density at radius 1 is 1.40 bits per heavy atom. The van der Waals surface area contributed by atoms with Crippen molar-refractivity contribution in [2.45, 2.75) is 0 Å². The zero-order valence-corrected chi connectivity index (χ0v) is 8.82. The van der Waals surface area contributed by atoms with Gasteiger partial charge in [0.1, 0.15) is 0 Å². The van der Waals surface area contributed by atoms with Gasteiger partial charge in [-0.1, -0.05) is 18.7 Å². The lowest BCUT2D eigenvalue weighted by Gasteiger charge is -2.07. The summed E-state index contributed by atoms with van der Waals surface area (Å²) in [5.74, 6) is 0.121. The minimum atomic E-state index is -4.55. The molecule has 0 aliphatic carbocycles. The van der Waals surface area contributed by atoms with E-state index in [1.807, 2.05) is 0 Å². The summed E-state index contributed by atoms with van der Waals surface area (Å²) >= 11 is 0. The third-order valence-corrected chi connectivity index (χ3v) is 2.01. The van der Waals surface area contributed by atoms with E-state index < -0.39 is 10.4 Å². The first-order chi connectivity index (χ1) is 6.96. The highest BCUT2D eigenvalue weighted by Gasteiger charge is 2.12. The van der Waals surface area contributed by atoms with E-state index in [-0.39, 0.29) is 11.5 Å². The molecule has 0 saturated heterocycles. The van der Waals surface area contributed by atoms with Crippen LogP contribution in [0.1, 0.15) is 5.56 Å². The van der Waals surface area contributed by atoms with Crippen molar-refractivity contribution in [3.63, 3.8) is 0 Å². The second-order valence-corrected chi connectivity index (χ2v) is 3.65. The molecule has 6 heteroatoms. The maximum Gasteiger partial charge on any atom is 0.446 e. The maximum absolute atomic E-state index is 10.5. The zero-order valence-electron chi connectivity index (χ0n) is 8.00. The van der Waals surface area contributed by atoms with Gasteiger partial charge in [0.15, 0.2) is 11.5 Å². The molecule has 82 valence electrons. The van der Waals surface area contributed by atoms with E-state index in [4.69, 9.17) is 9.29 Å².